The standard InChI is InChI=1S/C26H28N6O/c1-20-3-9-23(10-4-20)32-19-29-25(33)26(32)11-13-30(14-12-26)17-24-15-28-18-31(24)16-21-5-7-22(27-2)8-6-21/h3-10,15,18H,11-14,16-17,19H2,1H3,(H,29,33). The largest absolute Gasteiger partial charge is 0.339 e. The van der Waals surface area contributed by atoms with Crippen LogP contribution in [0.2, 0.25) is 0 Å². The Morgan fingerprint density at radius 1 is 1.06 bits per heavy atom. The zero-order chi connectivity index (χ0) is 22.8. The zero-order valence-corrected chi connectivity index (χ0v) is 18.9. The fraction of sp³-hybridized carbons (Fsp3) is 0.346. The molecule has 1 amide bonds. The van der Waals surface area contributed by atoms with Crippen molar-refractivity contribution in [1.29, 1.82) is 0 Å². The minimum atomic E-state index is -0.462. The minimum absolute atomic E-state index is 0.149. The van der Waals surface area contributed by atoms with E-state index in [1.54, 1.807) is 0 Å². The predicted molar refractivity (Wildman–Crippen MR) is 128 cm³/mol. The first-order valence-electron chi connectivity index (χ1n) is 11.4. The predicted octanol–water partition coefficient (Wildman–Crippen LogP) is 3.72. The maximum Gasteiger partial charge on any atom is 0.247 e. The Hall–Kier alpha value is -3.63. The van der Waals surface area contributed by atoms with Gasteiger partial charge < -0.3 is 14.8 Å². The third-order valence-electron chi connectivity index (χ3n) is 6.97. The van der Waals surface area contributed by atoms with Crippen LogP contribution in [0, 0.1) is 13.5 Å². The smallest absolute Gasteiger partial charge is 0.247 e. The van der Waals surface area contributed by atoms with Crippen LogP contribution in [0.25, 0.3) is 4.85 Å². The van der Waals surface area contributed by atoms with Crippen LogP contribution in [0.1, 0.15) is 29.7 Å². The van der Waals surface area contributed by atoms with E-state index < -0.39 is 5.54 Å². The normalized spacial score (nSPS) is 17.8. The van der Waals surface area contributed by atoms with Gasteiger partial charge in [0.05, 0.1) is 25.3 Å². The molecule has 0 radical (unpaired) electrons. The van der Waals surface area contributed by atoms with Gasteiger partial charge in [0.15, 0.2) is 5.69 Å². The highest BCUT2D eigenvalue weighted by Crippen LogP contribution is 2.36. The summed E-state index contributed by atoms with van der Waals surface area (Å²) in [6.07, 6.45) is 5.41. The molecular formula is C26H28N6O. The first-order valence-corrected chi connectivity index (χ1v) is 11.4. The average molecular weight is 441 g/mol. The molecule has 33 heavy (non-hydrogen) atoms. The molecule has 1 aromatic heterocycles. The van der Waals surface area contributed by atoms with Gasteiger partial charge in [-0.25, -0.2) is 9.83 Å². The van der Waals surface area contributed by atoms with Crippen LogP contribution in [-0.2, 0) is 17.9 Å². The first kappa shape index (κ1) is 21.2. The van der Waals surface area contributed by atoms with Gasteiger partial charge in [0.1, 0.15) is 5.54 Å². The second-order valence-corrected chi connectivity index (χ2v) is 9.03. The van der Waals surface area contributed by atoms with Crippen LogP contribution in [0.3, 0.4) is 0 Å². The Bertz CT molecular complexity index is 1170. The van der Waals surface area contributed by atoms with Gasteiger partial charge >= 0.3 is 0 Å². The zero-order valence-electron chi connectivity index (χ0n) is 18.9. The Morgan fingerprint density at radius 3 is 2.48 bits per heavy atom. The fourth-order valence-electron chi connectivity index (χ4n) is 4.95. The van der Waals surface area contributed by atoms with E-state index in [9.17, 15) is 4.79 Å². The highest BCUT2D eigenvalue weighted by molar-refractivity contribution is 5.93. The van der Waals surface area contributed by atoms with Crippen LogP contribution in [0.4, 0.5) is 11.4 Å². The molecule has 1 spiro atoms. The van der Waals surface area contributed by atoms with Crippen molar-refractivity contribution in [2.45, 2.75) is 38.4 Å². The molecule has 2 aliphatic heterocycles. The molecule has 7 nitrogen and oxygen atoms in total. The van der Waals surface area contributed by atoms with E-state index in [1.807, 2.05) is 36.8 Å². The lowest BCUT2D eigenvalue weighted by molar-refractivity contribution is -0.125. The number of likely N-dealkylation sites (tertiary alicyclic amines) is 1. The van der Waals surface area contributed by atoms with E-state index in [-0.39, 0.29) is 5.91 Å². The topological polar surface area (TPSA) is 57.8 Å². The van der Waals surface area contributed by atoms with Crippen molar-refractivity contribution < 1.29 is 4.79 Å². The molecule has 3 heterocycles. The van der Waals surface area contributed by atoms with Crippen molar-refractivity contribution in [3.05, 3.63) is 89.3 Å². The monoisotopic (exact) mass is 440 g/mol. The van der Waals surface area contributed by atoms with Gasteiger partial charge in [-0.15, -0.1) is 0 Å². The SMILES string of the molecule is [C-]#[N+]c1ccc(Cn2cncc2CN2CCC3(CC2)C(=O)NCN3c2ccc(C)cc2)cc1. The van der Waals surface area contributed by atoms with Crippen molar-refractivity contribution in [2.75, 3.05) is 24.7 Å². The third-order valence-corrected chi connectivity index (χ3v) is 6.97. The van der Waals surface area contributed by atoms with Gasteiger partial charge in [-0.1, -0.05) is 42.0 Å². The van der Waals surface area contributed by atoms with Crippen LogP contribution in [0.5, 0.6) is 0 Å². The van der Waals surface area contributed by atoms with Crippen LogP contribution >= 0.6 is 0 Å². The number of nitrogens with zero attached hydrogens (tertiary/aromatic N) is 5. The molecule has 0 aliphatic carbocycles. The number of hydrogen-bond acceptors (Lipinski definition) is 4. The number of rotatable bonds is 5. The molecule has 0 bridgehead atoms. The molecule has 3 aromatic rings. The number of amides is 1. The number of nitrogens with one attached hydrogen (secondary N) is 1. The van der Waals surface area contributed by atoms with Gasteiger partial charge in [-0.2, -0.15) is 0 Å². The summed E-state index contributed by atoms with van der Waals surface area (Å²) in [6.45, 7) is 13.0. The number of aryl methyl sites for hydroxylation is 1. The summed E-state index contributed by atoms with van der Waals surface area (Å²) in [4.78, 5) is 25.4. The van der Waals surface area contributed by atoms with E-state index in [0.717, 1.165) is 56.0 Å². The van der Waals surface area contributed by atoms with Crippen LogP contribution in [-0.4, -0.2) is 45.7 Å². The molecule has 2 aliphatic rings. The number of anilines is 1. The van der Waals surface area contributed by atoms with E-state index in [4.69, 9.17) is 6.57 Å². The Labute approximate surface area is 194 Å². The number of piperidine rings is 1. The number of carbonyl (C=O) groups is 1. The molecule has 0 unspecified atom stereocenters. The summed E-state index contributed by atoms with van der Waals surface area (Å²) >= 11 is 0. The molecule has 0 saturated carbocycles. The summed E-state index contributed by atoms with van der Waals surface area (Å²) in [7, 11) is 0. The second-order valence-electron chi connectivity index (χ2n) is 9.03. The first-order chi connectivity index (χ1) is 16.1. The van der Waals surface area contributed by atoms with Gasteiger partial charge in [-0.05, 0) is 37.5 Å². The summed E-state index contributed by atoms with van der Waals surface area (Å²) in [5.74, 6) is 0.149. The number of carbonyl (C=O) groups excluding carboxylic acids is 1. The highest BCUT2D eigenvalue weighted by atomic mass is 16.2. The molecule has 0 atom stereocenters. The lowest BCUT2D eigenvalue weighted by atomic mass is 9.85. The molecule has 5 rings (SSSR count). The Kier molecular flexibility index (Phi) is 5.61. The van der Waals surface area contributed by atoms with Crippen molar-refractivity contribution >= 4 is 17.3 Å². The molecule has 7 heteroatoms. The highest BCUT2D eigenvalue weighted by Gasteiger charge is 2.50. The van der Waals surface area contributed by atoms with E-state index >= 15 is 0 Å². The van der Waals surface area contributed by atoms with Crippen LogP contribution in [0.15, 0.2) is 61.1 Å². The number of hydrogen-bond donors (Lipinski definition) is 1. The molecule has 168 valence electrons. The quantitative estimate of drug-likeness (QED) is 0.615. The van der Waals surface area contributed by atoms with Gasteiger partial charge in [-0.3, -0.25) is 9.69 Å². The number of aromatic nitrogens is 2. The number of imidazole rings is 1. The second kappa shape index (κ2) is 8.72. The lowest BCUT2D eigenvalue weighted by Crippen LogP contribution is -2.56. The maximum absolute atomic E-state index is 12.9. The number of benzene rings is 2. The summed E-state index contributed by atoms with van der Waals surface area (Å²) in [6, 6.07) is 16.2. The van der Waals surface area contributed by atoms with E-state index in [2.05, 4.69) is 60.7 Å². The van der Waals surface area contributed by atoms with Crippen molar-refractivity contribution in [3.63, 3.8) is 0 Å². The van der Waals surface area contributed by atoms with Crippen molar-refractivity contribution in [2.24, 2.45) is 0 Å². The Balaban J connectivity index is 1.25. The Morgan fingerprint density at radius 2 is 1.79 bits per heavy atom. The van der Waals surface area contributed by atoms with E-state index in [0.29, 0.717) is 12.4 Å². The fourth-order valence-corrected chi connectivity index (χ4v) is 4.95. The molecule has 2 aromatic carbocycles. The van der Waals surface area contributed by atoms with Gasteiger partial charge in [0.25, 0.3) is 0 Å². The molecule has 2 fully saturated rings. The lowest BCUT2D eigenvalue weighted by Gasteiger charge is -2.43. The molecule has 2 saturated heterocycles. The van der Waals surface area contributed by atoms with Gasteiger partial charge in [0, 0.05) is 38.1 Å². The summed E-state index contributed by atoms with van der Waals surface area (Å²) < 4.78 is 2.16. The minimum Gasteiger partial charge on any atom is -0.339 e. The van der Waals surface area contributed by atoms with E-state index in [1.165, 1.54) is 5.56 Å². The summed E-state index contributed by atoms with van der Waals surface area (Å²) in [5.41, 5.74) is 4.83. The third kappa shape index (κ3) is 4.10. The van der Waals surface area contributed by atoms with Crippen molar-refractivity contribution in [1.82, 2.24) is 19.8 Å². The average Bonchev–Trinajstić information content (AvgIpc) is 3.40. The van der Waals surface area contributed by atoms with Crippen LogP contribution < -0.4 is 10.2 Å². The molecular weight excluding hydrogens is 412 g/mol. The molecule has 1 N–H and O–H groups in total. The van der Waals surface area contributed by atoms with Crippen molar-refractivity contribution in [3.8, 4) is 0 Å². The maximum atomic E-state index is 12.9. The summed E-state index contributed by atoms with van der Waals surface area (Å²) in [5, 5.41) is 3.08. The van der Waals surface area contributed by atoms with Gasteiger partial charge in [0.2, 0.25) is 5.91 Å².